The number of ether oxygens (including phenoxy) is 2. The zero-order valence-corrected chi connectivity index (χ0v) is 15.2. The molecule has 1 aromatic heterocycles. The summed E-state index contributed by atoms with van der Waals surface area (Å²) >= 11 is 0. The maximum absolute atomic E-state index is 12.7. The van der Waals surface area contributed by atoms with Crippen LogP contribution >= 0.6 is 0 Å². The van der Waals surface area contributed by atoms with Gasteiger partial charge in [0.25, 0.3) is 11.5 Å². The molecule has 0 spiro atoms. The standard InChI is InChI=1S/C19H16F2N4O4/c1-2-28-14-9-5-6-11(16(14)29-19(20)21)10-22-24-18(27)15-12-7-3-4-8-13(12)17(26)25-23-15/h3-10,19H,2H2,1H3,(H,24,27)(H,25,26)/b22-10-. The molecular weight excluding hydrogens is 386 g/mol. The Kier molecular flexibility index (Phi) is 6.12. The molecule has 0 radical (unpaired) electrons. The van der Waals surface area contributed by atoms with Crippen LogP contribution in [0.5, 0.6) is 11.5 Å². The summed E-state index contributed by atoms with van der Waals surface area (Å²) in [5.74, 6) is -0.766. The highest BCUT2D eigenvalue weighted by Crippen LogP contribution is 2.31. The number of alkyl halides is 2. The molecule has 2 aromatic carbocycles. The Morgan fingerprint density at radius 1 is 1.24 bits per heavy atom. The lowest BCUT2D eigenvalue weighted by atomic mass is 10.1. The number of nitrogens with one attached hydrogen (secondary N) is 2. The van der Waals surface area contributed by atoms with Gasteiger partial charge in [-0.15, -0.1) is 0 Å². The van der Waals surface area contributed by atoms with Gasteiger partial charge in [0.1, 0.15) is 0 Å². The Morgan fingerprint density at radius 3 is 2.72 bits per heavy atom. The predicted octanol–water partition coefficient (Wildman–Crippen LogP) is 2.69. The van der Waals surface area contributed by atoms with E-state index in [0.29, 0.717) is 10.8 Å². The molecule has 3 rings (SSSR count). The number of aromatic nitrogens is 2. The number of H-pyrrole nitrogens is 1. The molecule has 0 saturated heterocycles. The smallest absolute Gasteiger partial charge is 0.387 e. The molecule has 0 bridgehead atoms. The number of fused-ring (bicyclic) bond motifs is 1. The Balaban J connectivity index is 1.85. The fraction of sp³-hybridized carbons (Fsp3) is 0.158. The molecule has 0 aliphatic heterocycles. The minimum absolute atomic E-state index is 0.0375. The monoisotopic (exact) mass is 402 g/mol. The van der Waals surface area contributed by atoms with Crippen LogP contribution in [0, 0.1) is 0 Å². The van der Waals surface area contributed by atoms with E-state index >= 15 is 0 Å². The van der Waals surface area contributed by atoms with Gasteiger partial charge in [-0.1, -0.05) is 24.3 Å². The van der Waals surface area contributed by atoms with Crippen molar-refractivity contribution in [3.63, 3.8) is 0 Å². The molecule has 3 aromatic rings. The molecule has 8 nitrogen and oxygen atoms in total. The second kappa shape index (κ2) is 8.91. The summed E-state index contributed by atoms with van der Waals surface area (Å²) in [7, 11) is 0. The van der Waals surface area contributed by atoms with Gasteiger partial charge in [-0.05, 0) is 25.1 Å². The minimum atomic E-state index is -3.06. The van der Waals surface area contributed by atoms with Crippen molar-refractivity contribution in [1.29, 1.82) is 0 Å². The third kappa shape index (κ3) is 4.54. The number of carbonyl (C=O) groups is 1. The molecule has 0 unspecified atom stereocenters. The quantitative estimate of drug-likeness (QED) is 0.467. The van der Waals surface area contributed by atoms with Gasteiger partial charge in [0.2, 0.25) is 0 Å². The van der Waals surface area contributed by atoms with E-state index in [-0.39, 0.29) is 29.4 Å². The molecule has 0 fully saturated rings. The van der Waals surface area contributed by atoms with Crippen molar-refractivity contribution in [3.05, 3.63) is 64.1 Å². The highest BCUT2D eigenvalue weighted by molar-refractivity contribution is 6.04. The van der Waals surface area contributed by atoms with Crippen LogP contribution in [0.25, 0.3) is 10.8 Å². The first kappa shape index (κ1) is 19.9. The molecule has 1 heterocycles. The zero-order chi connectivity index (χ0) is 20.8. The van der Waals surface area contributed by atoms with E-state index in [1.165, 1.54) is 12.1 Å². The lowest BCUT2D eigenvalue weighted by molar-refractivity contribution is -0.0515. The minimum Gasteiger partial charge on any atom is -0.490 e. The van der Waals surface area contributed by atoms with E-state index in [1.54, 1.807) is 37.3 Å². The lowest BCUT2D eigenvalue weighted by Crippen LogP contribution is -2.22. The molecule has 2 N–H and O–H groups in total. The number of para-hydroxylation sites is 1. The van der Waals surface area contributed by atoms with Crippen LogP contribution in [0.4, 0.5) is 8.78 Å². The predicted molar refractivity (Wildman–Crippen MR) is 102 cm³/mol. The van der Waals surface area contributed by atoms with Gasteiger partial charge >= 0.3 is 6.61 Å². The zero-order valence-electron chi connectivity index (χ0n) is 15.2. The maximum Gasteiger partial charge on any atom is 0.387 e. The number of nitrogens with zero attached hydrogens (tertiary/aromatic N) is 2. The number of hydrazone groups is 1. The first-order chi connectivity index (χ1) is 14.0. The Hall–Kier alpha value is -3.82. The van der Waals surface area contributed by atoms with Crippen LogP contribution in [-0.4, -0.2) is 35.5 Å². The van der Waals surface area contributed by atoms with Crippen molar-refractivity contribution < 1.29 is 23.0 Å². The van der Waals surface area contributed by atoms with Crippen LogP contribution in [0.15, 0.2) is 52.4 Å². The SMILES string of the molecule is CCOc1cccc(/C=N\NC(=O)c2n[nH]c(=O)c3ccccc23)c1OC(F)F. The van der Waals surface area contributed by atoms with Gasteiger partial charge in [0.05, 0.1) is 18.2 Å². The number of amides is 1. The largest absolute Gasteiger partial charge is 0.490 e. The molecule has 150 valence electrons. The molecule has 0 atom stereocenters. The first-order valence-electron chi connectivity index (χ1n) is 8.52. The van der Waals surface area contributed by atoms with E-state index in [2.05, 4.69) is 25.5 Å². The number of halogens is 2. The van der Waals surface area contributed by atoms with Gasteiger partial charge in [0.15, 0.2) is 17.2 Å². The van der Waals surface area contributed by atoms with Crippen molar-refractivity contribution in [1.82, 2.24) is 15.6 Å². The molecule has 1 amide bonds. The molecule has 0 saturated carbocycles. The number of hydrogen-bond acceptors (Lipinski definition) is 6. The Morgan fingerprint density at radius 2 is 2.00 bits per heavy atom. The van der Waals surface area contributed by atoms with E-state index in [0.717, 1.165) is 6.21 Å². The van der Waals surface area contributed by atoms with E-state index in [9.17, 15) is 18.4 Å². The molecule has 29 heavy (non-hydrogen) atoms. The third-order valence-electron chi connectivity index (χ3n) is 3.80. The van der Waals surface area contributed by atoms with Gasteiger partial charge < -0.3 is 9.47 Å². The summed E-state index contributed by atoms with van der Waals surface area (Å²) in [4.78, 5) is 24.2. The molecule has 0 aliphatic carbocycles. The van der Waals surface area contributed by atoms with Crippen LogP contribution in [0.2, 0.25) is 0 Å². The van der Waals surface area contributed by atoms with E-state index in [4.69, 9.17) is 4.74 Å². The van der Waals surface area contributed by atoms with Crippen molar-refractivity contribution >= 4 is 22.9 Å². The molecule has 0 aliphatic rings. The number of benzene rings is 2. The summed E-state index contributed by atoms with van der Waals surface area (Å²) in [6.07, 6.45) is 1.14. The Bertz CT molecular complexity index is 1110. The number of aromatic amines is 1. The summed E-state index contributed by atoms with van der Waals surface area (Å²) in [6, 6.07) is 11.0. The summed E-state index contributed by atoms with van der Waals surface area (Å²) < 4.78 is 35.3. The fourth-order valence-electron chi connectivity index (χ4n) is 2.62. The molecular formula is C19H16F2N4O4. The molecule has 10 heteroatoms. The normalized spacial score (nSPS) is 11.2. The summed E-state index contributed by atoms with van der Waals surface area (Å²) in [5.41, 5.74) is 1.96. The van der Waals surface area contributed by atoms with Crippen LogP contribution in [0.1, 0.15) is 23.0 Å². The van der Waals surface area contributed by atoms with Crippen LogP contribution in [0.3, 0.4) is 0 Å². The highest BCUT2D eigenvalue weighted by atomic mass is 19.3. The second-order valence-corrected chi connectivity index (χ2v) is 5.63. The first-order valence-corrected chi connectivity index (χ1v) is 8.52. The third-order valence-corrected chi connectivity index (χ3v) is 3.80. The summed E-state index contributed by atoms with van der Waals surface area (Å²) in [6.45, 7) is -1.11. The van der Waals surface area contributed by atoms with E-state index < -0.39 is 18.1 Å². The maximum atomic E-state index is 12.7. The average Bonchev–Trinajstić information content (AvgIpc) is 2.70. The van der Waals surface area contributed by atoms with E-state index in [1.807, 2.05) is 0 Å². The van der Waals surface area contributed by atoms with Crippen LogP contribution in [-0.2, 0) is 0 Å². The Labute approximate surface area is 163 Å². The lowest BCUT2D eigenvalue weighted by Gasteiger charge is -2.13. The van der Waals surface area contributed by atoms with Gasteiger partial charge in [-0.2, -0.15) is 19.0 Å². The number of hydrogen-bond donors (Lipinski definition) is 2. The number of carbonyl (C=O) groups excluding carboxylic acids is 1. The summed E-state index contributed by atoms with van der Waals surface area (Å²) in [5, 5.41) is 10.4. The second-order valence-electron chi connectivity index (χ2n) is 5.63. The van der Waals surface area contributed by atoms with Gasteiger partial charge in [-0.25, -0.2) is 10.5 Å². The fourth-order valence-corrected chi connectivity index (χ4v) is 2.62. The average molecular weight is 402 g/mol. The van der Waals surface area contributed by atoms with Crippen molar-refractivity contribution in [2.45, 2.75) is 13.5 Å². The van der Waals surface area contributed by atoms with Gasteiger partial charge in [0, 0.05) is 10.9 Å². The van der Waals surface area contributed by atoms with Crippen molar-refractivity contribution in [3.8, 4) is 11.5 Å². The topological polar surface area (TPSA) is 106 Å². The highest BCUT2D eigenvalue weighted by Gasteiger charge is 2.16. The van der Waals surface area contributed by atoms with Crippen LogP contribution < -0.4 is 20.5 Å². The van der Waals surface area contributed by atoms with Crippen molar-refractivity contribution in [2.75, 3.05) is 6.61 Å². The van der Waals surface area contributed by atoms with Crippen molar-refractivity contribution in [2.24, 2.45) is 5.10 Å². The van der Waals surface area contributed by atoms with Gasteiger partial charge in [-0.3, -0.25) is 9.59 Å². The number of rotatable bonds is 7.